The molecule has 0 aliphatic heterocycles. The standard InChI is InChI=1S/C16H16F3N3O2/c1-24-9-8-21-15(23)11-6-7-20-14(10-11)22-13-5-3-2-4-12(13)16(17,18)19/h2-7,10H,8-9H2,1H3,(H,20,22)(H,21,23). The third-order valence-corrected chi connectivity index (χ3v) is 3.11. The molecule has 1 heterocycles. The van der Waals surface area contributed by atoms with Crippen LogP contribution in [-0.2, 0) is 10.9 Å². The molecule has 0 aliphatic carbocycles. The van der Waals surface area contributed by atoms with Gasteiger partial charge in [0, 0.05) is 25.4 Å². The van der Waals surface area contributed by atoms with E-state index in [-0.39, 0.29) is 23.0 Å². The summed E-state index contributed by atoms with van der Waals surface area (Å²) in [7, 11) is 1.51. The third kappa shape index (κ3) is 4.69. The molecule has 5 nitrogen and oxygen atoms in total. The second kappa shape index (κ2) is 7.78. The Hall–Kier alpha value is -2.61. The molecule has 0 unspecified atom stereocenters. The number of anilines is 2. The first kappa shape index (κ1) is 17.7. The van der Waals surface area contributed by atoms with Crippen LogP contribution < -0.4 is 10.6 Å². The minimum atomic E-state index is -4.49. The second-order valence-corrected chi connectivity index (χ2v) is 4.85. The van der Waals surface area contributed by atoms with E-state index in [0.717, 1.165) is 6.07 Å². The molecule has 1 amide bonds. The van der Waals surface area contributed by atoms with Crippen LogP contribution in [0.4, 0.5) is 24.7 Å². The number of hydrogen-bond acceptors (Lipinski definition) is 4. The Bertz CT molecular complexity index is 705. The summed E-state index contributed by atoms with van der Waals surface area (Å²) in [6.07, 6.45) is -3.14. The molecule has 2 aromatic rings. The molecule has 0 saturated heterocycles. The van der Waals surface area contributed by atoms with Crippen molar-refractivity contribution in [3.63, 3.8) is 0 Å². The highest BCUT2D eigenvalue weighted by Crippen LogP contribution is 2.35. The molecule has 1 aromatic carbocycles. The van der Waals surface area contributed by atoms with Gasteiger partial charge >= 0.3 is 6.18 Å². The van der Waals surface area contributed by atoms with Crippen LogP contribution in [0, 0.1) is 0 Å². The van der Waals surface area contributed by atoms with Crippen LogP contribution in [0.25, 0.3) is 0 Å². The smallest absolute Gasteiger partial charge is 0.383 e. The number of benzene rings is 1. The quantitative estimate of drug-likeness (QED) is 0.793. The number of halogens is 3. The minimum Gasteiger partial charge on any atom is -0.383 e. The van der Waals surface area contributed by atoms with Crippen molar-refractivity contribution in [2.45, 2.75) is 6.18 Å². The number of carbonyl (C=O) groups is 1. The van der Waals surface area contributed by atoms with Crippen molar-refractivity contribution in [2.75, 3.05) is 25.6 Å². The predicted octanol–water partition coefficient (Wildman–Crippen LogP) is 3.22. The van der Waals surface area contributed by atoms with Crippen molar-refractivity contribution in [2.24, 2.45) is 0 Å². The van der Waals surface area contributed by atoms with Gasteiger partial charge in [-0.3, -0.25) is 4.79 Å². The van der Waals surface area contributed by atoms with Gasteiger partial charge in [0.25, 0.3) is 5.91 Å². The normalized spacial score (nSPS) is 11.2. The van der Waals surface area contributed by atoms with E-state index < -0.39 is 11.7 Å². The highest BCUT2D eigenvalue weighted by Gasteiger charge is 2.33. The number of pyridine rings is 1. The third-order valence-electron chi connectivity index (χ3n) is 3.11. The zero-order valence-electron chi connectivity index (χ0n) is 12.9. The van der Waals surface area contributed by atoms with E-state index in [1.165, 1.54) is 43.6 Å². The molecule has 0 atom stereocenters. The monoisotopic (exact) mass is 339 g/mol. The van der Waals surface area contributed by atoms with Gasteiger partial charge in [0.1, 0.15) is 5.82 Å². The summed E-state index contributed by atoms with van der Waals surface area (Å²) in [5, 5.41) is 5.23. The largest absolute Gasteiger partial charge is 0.418 e. The van der Waals surface area contributed by atoms with Crippen molar-refractivity contribution in [1.82, 2.24) is 10.3 Å². The van der Waals surface area contributed by atoms with E-state index in [9.17, 15) is 18.0 Å². The number of nitrogens with one attached hydrogen (secondary N) is 2. The molecular weight excluding hydrogens is 323 g/mol. The van der Waals surface area contributed by atoms with Gasteiger partial charge in [-0.1, -0.05) is 12.1 Å². The Morgan fingerprint density at radius 2 is 2.00 bits per heavy atom. The fourth-order valence-corrected chi connectivity index (χ4v) is 1.99. The van der Waals surface area contributed by atoms with Crippen LogP contribution in [0.1, 0.15) is 15.9 Å². The average molecular weight is 339 g/mol. The number of para-hydroxylation sites is 1. The second-order valence-electron chi connectivity index (χ2n) is 4.85. The molecule has 0 radical (unpaired) electrons. The van der Waals surface area contributed by atoms with E-state index in [4.69, 9.17) is 4.74 Å². The van der Waals surface area contributed by atoms with Crippen LogP contribution in [0.5, 0.6) is 0 Å². The Morgan fingerprint density at radius 1 is 1.25 bits per heavy atom. The summed E-state index contributed by atoms with van der Waals surface area (Å²) in [4.78, 5) is 15.9. The molecule has 2 N–H and O–H groups in total. The van der Waals surface area contributed by atoms with Gasteiger partial charge in [-0.05, 0) is 24.3 Å². The van der Waals surface area contributed by atoms with Crippen LogP contribution in [0.15, 0.2) is 42.6 Å². The van der Waals surface area contributed by atoms with E-state index in [1.54, 1.807) is 0 Å². The molecule has 0 bridgehead atoms. The summed E-state index contributed by atoms with van der Waals surface area (Å²) >= 11 is 0. The summed E-state index contributed by atoms with van der Waals surface area (Å²) in [5.74, 6) is -0.215. The molecule has 2 rings (SSSR count). The first-order valence-corrected chi connectivity index (χ1v) is 7.08. The number of methoxy groups -OCH3 is 1. The van der Waals surface area contributed by atoms with E-state index in [1.807, 2.05) is 0 Å². The van der Waals surface area contributed by atoms with Crippen molar-refractivity contribution < 1.29 is 22.7 Å². The number of carbonyl (C=O) groups excluding carboxylic acids is 1. The molecule has 0 aliphatic rings. The Morgan fingerprint density at radius 3 is 2.71 bits per heavy atom. The lowest BCUT2D eigenvalue weighted by molar-refractivity contribution is -0.136. The zero-order chi connectivity index (χ0) is 17.6. The number of nitrogens with zero attached hydrogens (tertiary/aromatic N) is 1. The van der Waals surface area contributed by atoms with E-state index in [2.05, 4.69) is 15.6 Å². The number of amides is 1. The lowest BCUT2D eigenvalue weighted by Crippen LogP contribution is -2.27. The van der Waals surface area contributed by atoms with Crippen LogP contribution in [0.3, 0.4) is 0 Å². The van der Waals surface area contributed by atoms with Crippen molar-refractivity contribution in [3.05, 3.63) is 53.7 Å². The summed E-state index contributed by atoms with van der Waals surface area (Å²) in [6, 6.07) is 7.93. The Balaban J connectivity index is 2.17. The summed E-state index contributed by atoms with van der Waals surface area (Å²) in [6.45, 7) is 0.693. The minimum absolute atomic E-state index is 0.130. The van der Waals surface area contributed by atoms with Gasteiger partial charge in [0.2, 0.25) is 0 Å². The predicted molar refractivity (Wildman–Crippen MR) is 83.2 cm³/mol. The maximum Gasteiger partial charge on any atom is 0.418 e. The topological polar surface area (TPSA) is 63.2 Å². The van der Waals surface area contributed by atoms with E-state index in [0.29, 0.717) is 13.2 Å². The average Bonchev–Trinajstić information content (AvgIpc) is 2.55. The maximum atomic E-state index is 13.0. The molecule has 128 valence electrons. The lowest BCUT2D eigenvalue weighted by Gasteiger charge is -2.14. The lowest BCUT2D eigenvalue weighted by atomic mass is 10.1. The fraction of sp³-hybridized carbons (Fsp3) is 0.250. The van der Waals surface area contributed by atoms with Gasteiger partial charge in [-0.25, -0.2) is 4.98 Å². The molecular formula is C16H16F3N3O2. The summed E-state index contributed by atoms with van der Waals surface area (Å²) in [5.41, 5.74) is -0.649. The van der Waals surface area contributed by atoms with Crippen LogP contribution in [0.2, 0.25) is 0 Å². The Labute approximate surface area is 136 Å². The first-order chi connectivity index (χ1) is 11.4. The van der Waals surface area contributed by atoms with E-state index >= 15 is 0 Å². The van der Waals surface area contributed by atoms with Gasteiger partial charge < -0.3 is 15.4 Å². The fourth-order valence-electron chi connectivity index (χ4n) is 1.99. The van der Waals surface area contributed by atoms with Crippen LogP contribution >= 0.6 is 0 Å². The highest BCUT2D eigenvalue weighted by molar-refractivity contribution is 5.94. The van der Waals surface area contributed by atoms with Crippen molar-refractivity contribution in [3.8, 4) is 0 Å². The molecule has 1 aromatic heterocycles. The number of aromatic nitrogens is 1. The molecule has 24 heavy (non-hydrogen) atoms. The van der Waals surface area contributed by atoms with Gasteiger partial charge in [-0.15, -0.1) is 0 Å². The first-order valence-electron chi connectivity index (χ1n) is 7.08. The number of hydrogen-bond donors (Lipinski definition) is 2. The molecule has 0 saturated carbocycles. The SMILES string of the molecule is COCCNC(=O)c1ccnc(Nc2ccccc2C(F)(F)F)c1. The molecule has 8 heteroatoms. The Kier molecular flexibility index (Phi) is 5.75. The van der Waals surface area contributed by atoms with Gasteiger partial charge in [-0.2, -0.15) is 13.2 Å². The summed E-state index contributed by atoms with van der Waals surface area (Å²) < 4.78 is 43.8. The van der Waals surface area contributed by atoms with Gasteiger partial charge in [0.05, 0.1) is 17.9 Å². The maximum absolute atomic E-state index is 13.0. The highest BCUT2D eigenvalue weighted by atomic mass is 19.4. The van der Waals surface area contributed by atoms with Crippen molar-refractivity contribution >= 4 is 17.4 Å². The number of ether oxygens (including phenoxy) is 1. The zero-order valence-corrected chi connectivity index (χ0v) is 12.9. The molecule has 0 spiro atoms. The molecule has 0 fully saturated rings. The van der Waals surface area contributed by atoms with Gasteiger partial charge in [0.15, 0.2) is 0 Å². The number of rotatable bonds is 6. The number of alkyl halides is 3. The van der Waals surface area contributed by atoms with Crippen molar-refractivity contribution in [1.29, 1.82) is 0 Å². The van der Waals surface area contributed by atoms with Crippen LogP contribution in [-0.4, -0.2) is 31.2 Å².